The van der Waals surface area contributed by atoms with Gasteiger partial charge in [0.2, 0.25) is 5.60 Å². The fourth-order valence-electron chi connectivity index (χ4n) is 3.49. The lowest BCUT2D eigenvalue weighted by Crippen LogP contribution is -2.42. The number of anilines is 1. The molecule has 1 aliphatic heterocycles. The second-order valence-corrected chi connectivity index (χ2v) is 7.27. The van der Waals surface area contributed by atoms with Gasteiger partial charge in [-0.2, -0.15) is 5.10 Å². The lowest BCUT2D eigenvalue weighted by atomic mass is 9.97. The summed E-state index contributed by atoms with van der Waals surface area (Å²) in [7, 11) is 4.34. The Labute approximate surface area is 167 Å². The van der Waals surface area contributed by atoms with Gasteiger partial charge in [-0.3, -0.25) is 19.8 Å². The summed E-state index contributed by atoms with van der Waals surface area (Å²) >= 11 is 0. The summed E-state index contributed by atoms with van der Waals surface area (Å²) in [5.74, 6) is -1.29. The van der Waals surface area contributed by atoms with Crippen LogP contribution in [0.25, 0.3) is 16.7 Å². The van der Waals surface area contributed by atoms with Crippen molar-refractivity contribution < 1.29 is 23.9 Å². The number of aromatic nitrogens is 3. The van der Waals surface area contributed by atoms with Crippen LogP contribution in [-0.4, -0.2) is 52.6 Å². The van der Waals surface area contributed by atoms with Crippen molar-refractivity contribution in [3.05, 3.63) is 23.5 Å². The van der Waals surface area contributed by atoms with Crippen LogP contribution in [0.15, 0.2) is 12.3 Å². The molecule has 2 aliphatic rings. The average molecular weight is 401 g/mol. The predicted molar refractivity (Wildman–Crippen MR) is 103 cm³/mol. The minimum absolute atomic E-state index is 0.320. The summed E-state index contributed by atoms with van der Waals surface area (Å²) in [6, 6.07) is 0.377. The summed E-state index contributed by atoms with van der Waals surface area (Å²) < 4.78 is 11.3. The average Bonchev–Trinajstić information content (AvgIpc) is 3.35. The fraction of sp³-hybridized carbons (Fsp3) is 0.474. The van der Waals surface area contributed by atoms with Gasteiger partial charge in [0.15, 0.2) is 5.65 Å². The van der Waals surface area contributed by atoms with Gasteiger partial charge in [0.1, 0.15) is 0 Å². The molecule has 1 saturated carbocycles. The highest BCUT2D eigenvalue weighted by Gasteiger charge is 2.47. The number of esters is 2. The van der Waals surface area contributed by atoms with Crippen LogP contribution in [0.5, 0.6) is 0 Å². The van der Waals surface area contributed by atoms with Crippen molar-refractivity contribution in [3.63, 3.8) is 0 Å². The Balaban J connectivity index is 1.83. The molecule has 3 heterocycles. The SMILES string of the molecule is COC(=O)CC1(C(=O)OC)C=C(c2cnc3c(c(C)nn3C)c2NC2CC2)NO1. The van der Waals surface area contributed by atoms with Gasteiger partial charge in [-0.25, -0.2) is 9.78 Å². The van der Waals surface area contributed by atoms with Crippen molar-refractivity contribution in [3.8, 4) is 0 Å². The number of rotatable bonds is 6. The number of carbonyl (C=O) groups is 2. The first-order chi connectivity index (χ1) is 13.9. The standard InChI is InChI=1S/C19H23N5O5/c1-10-15-16(21-11-5-6-11)12(9-20-17(15)24(2)22-10)13-7-19(29-23-13,18(26)28-4)8-14(25)27-3/h7,9,11,23H,5-6,8H2,1-4H3,(H,20,21). The summed E-state index contributed by atoms with van der Waals surface area (Å²) in [5.41, 5.74) is 4.85. The number of hydroxylamine groups is 1. The van der Waals surface area contributed by atoms with Crippen LogP contribution in [0.3, 0.4) is 0 Å². The summed E-state index contributed by atoms with van der Waals surface area (Å²) in [6.45, 7) is 1.93. The first-order valence-corrected chi connectivity index (χ1v) is 9.30. The van der Waals surface area contributed by atoms with E-state index in [0.717, 1.165) is 40.8 Å². The van der Waals surface area contributed by atoms with E-state index in [1.165, 1.54) is 14.2 Å². The zero-order valence-electron chi connectivity index (χ0n) is 16.7. The number of ether oxygens (including phenoxy) is 2. The number of pyridine rings is 1. The summed E-state index contributed by atoms with van der Waals surface area (Å²) in [6.07, 6.45) is 5.09. The molecule has 0 aromatic carbocycles. The van der Waals surface area contributed by atoms with Crippen molar-refractivity contribution in [1.29, 1.82) is 0 Å². The van der Waals surface area contributed by atoms with E-state index in [1.807, 2.05) is 14.0 Å². The van der Waals surface area contributed by atoms with E-state index >= 15 is 0 Å². The molecule has 2 N–H and O–H groups in total. The molecule has 10 heteroatoms. The largest absolute Gasteiger partial charge is 0.469 e. The highest BCUT2D eigenvalue weighted by Crippen LogP contribution is 2.39. The third-order valence-corrected chi connectivity index (χ3v) is 5.13. The number of fused-ring (bicyclic) bond motifs is 1. The molecule has 0 saturated heterocycles. The van der Waals surface area contributed by atoms with Crippen LogP contribution in [-0.2, 0) is 30.9 Å². The molecule has 1 fully saturated rings. The number of nitrogens with zero attached hydrogens (tertiary/aromatic N) is 3. The minimum atomic E-state index is -1.62. The lowest BCUT2D eigenvalue weighted by Gasteiger charge is -2.20. The summed E-state index contributed by atoms with van der Waals surface area (Å²) in [5, 5.41) is 8.92. The van der Waals surface area contributed by atoms with Crippen LogP contribution in [0.4, 0.5) is 5.69 Å². The molecule has 1 atom stereocenters. The molecule has 1 aliphatic carbocycles. The van der Waals surface area contributed by atoms with Crippen molar-refractivity contribution >= 4 is 34.4 Å². The van der Waals surface area contributed by atoms with Gasteiger partial charge in [-0.05, 0) is 25.8 Å². The van der Waals surface area contributed by atoms with Crippen LogP contribution >= 0.6 is 0 Å². The van der Waals surface area contributed by atoms with E-state index in [-0.39, 0.29) is 6.42 Å². The molecular weight excluding hydrogens is 378 g/mol. The highest BCUT2D eigenvalue weighted by atomic mass is 16.7. The smallest absolute Gasteiger partial charge is 0.345 e. The van der Waals surface area contributed by atoms with Crippen LogP contribution < -0.4 is 10.8 Å². The first-order valence-electron chi connectivity index (χ1n) is 9.30. The third kappa shape index (κ3) is 3.29. The first kappa shape index (κ1) is 19.2. The van der Waals surface area contributed by atoms with Crippen molar-refractivity contribution in [2.75, 3.05) is 19.5 Å². The van der Waals surface area contributed by atoms with E-state index in [0.29, 0.717) is 11.7 Å². The topological polar surface area (TPSA) is 117 Å². The molecule has 0 amide bonds. The molecule has 154 valence electrons. The number of methoxy groups -OCH3 is 2. The van der Waals surface area contributed by atoms with Crippen LogP contribution in [0.1, 0.15) is 30.5 Å². The second-order valence-electron chi connectivity index (χ2n) is 7.27. The molecule has 10 nitrogen and oxygen atoms in total. The van der Waals surface area contributed by atoms with Crippen molar-refractivity contribution in [1.82, 2.24) is 20.2 Å². The molecule has 0 bridgehead atoms. The monoisotopic (exact) mass is 401 g/mol. The van der Waals surface area contributed by atoms with Gasteiger partial charge in [-0.15, -0.1) is 0 Å². The maximum absolute atomic E-state index is 12.4. The van der Waals surface area contributed by atoms with Crippen LogP contribution in [0, 0.1) is 6.92 Å². The zero-order valence-corrected chi connectivity index (χ0v) is 16.7. The highest BCUT2D eigenvalue weighted by molar-refractivity contribution is 5.99. The Morgan fingerprint density at radius 3 is 2.79 bits per heavy atom. The van der Waals surface area contributed by atoms with Gasteiger partial charge in [0.25, 0.3) is 0 Å². The molecule has 4 rings (SSSR count). The van der Waals surface area contributed by atoms with E-state index < -0.39 is 17.5 Å². The van der Waals surface area contributed by atoms with Crippen LogP contribution in [0.2, 0.25) is 0 Å². The van der Waals surface area contributed by atoms with E-state index in [2.05, 4.69) is 20.9 Å². The Bertz CT molecular complexity index is 1030. The number of carbonyl (C=O) groups excluding carboxylic acids is 2. The van der Waals surface area contributed by atoms with Gasteiger partial charge < -0.3 is 14.8 Å². The maximum atomic E-state index is 12.4. The van der Waals surface area contributed by atoms with Gasteiger partial charge >= 0.3 is 11.9 Å². The Morgan fingerprint density at radius 2 is 2.14 bits per heavy atom. The molecule has 1 unspecified atom stereocenters. The summed E-state index contributed by atoms with van der Waals surface area (Å²) in [4.78, 5) is 34.4. The minimum Gasteiger partial charge on any atom is -0.469 e. The molecule has 29 heavy (non-hydrogen) atoms. The van der Waals surface area contributed by atoms with Gasteiger partial charge in [0.05, 0.1) is 43.1 Å². The number of hydrogen-bond acceptors (Lipinski definition) is 9. The lowest BCUT2D eigenvalue weighted by molar-refractivity contribution is -0.172. The molecule has 2 aromatic heterocycles. The van der Waals surface area contributed by atoms with E-state index in [1.54, 1.807) is 17.0 Å². The normalized spacial score (nSPS) is 20.9. The molecular formula is C19H23N5O5. The second kappa shape index (κ2) is 7.03. The van der Waals surface area contributed by atoms with Crippen molar-refractivity contribution in [2.24, 2.45) is 7.05 Å². The van der Waals surface area contributed by atoms with Gasteiger partial charge in [0, 0.05) is 24.8 Å². The van der Waals surface area contributed by atoms with Crippen molar-refractivity contribution in [2.45, 2.75) is 37.8 Å². The number of hydrogen-bond donors (Lipinski definition) is 2. The Kier molecular flexibility index (Phi) is 4.65. The Morgan fingerprint density at radius 1 is 1.38 bits per heavy atom. The fourth-order valence-corrected chi connectivity index (χ4v) is 3.49. The maximum Gasteiger partial charge on any atom is 0.345 e. The number of nitrogens with one attached hydrogen (secondary N) is 2. The molecule has 0 radical (unpaired) electrons. The predicted octanol–water partition coefficient (Wildman–Crippen LogP) is 1.20. The molecule has 0 spiro atoms. The van der Waals surface area contributed by atoms with E-state index in [4.69, 9.17) is 14.3 Å². The van der Waals surface area contributed by atoms with Gasteiger partial charge in [-0.1, -0.05) is 0 Å². The quantitative estimate of drug-likeness (QED) is 0.689. The Hall–Kier alpha value is -3.14. The zero-order chi connectivity index (χ0) is 20.8. The van der Waals surface area contributed by atoms with E-state index in [9.17, 15) is 9.59 Å². The third-order valence-electron chi connectivity index (χ3n) is 5.13. The number of aryl methyl sites for hydroxylation is 2. The molecule has 2 aromatic rings.